The van der Waals surface area contributed by atoms with Gasteiger partial charge in [0.1, 0.15) is 6.17 Å². The molecule has 1 aliphatic heterocycles. The number of hydrogen-bond donors (Lipinski definition) is 2. The summed E-state index contributed by atoms with van der Waals surface area (Å²) in [5.74, 6) is -0.0134. The predicted octanol–water partition coefficient (Wildman–Crippen LogP) is -0.547. The molecule has 0 aliphatic carbocycles. The molecule has 1 fully saturated rings. The number of carbonyl (C=O) groups is 2. The van der Waals surface area contributed by atoms with E-state index in [0.717, 1.165) is 19.3 Å². The summed E-state index contributed by atoms with van der Waals surface area (Å²) in [6.07, 6.45) is 3.30. The highest BCUT2D eigenvalue weighted by Gasteiger charge is 2.23. The van der Waals surface area contributed by atoms with Gasteiger partial charge >= 0.3 is 0 Å². The summed E-state index contributed by atoms with van der Waals surface area (Å²) in [5, 5.41) is 11.2. The quantitative estimate of drug-likeness (QED) is 0.472. The van der Waals surface area contributed by atoms with Crippen LogP contribution in [0.2, 0.25) is 0 Å². The molecule has 1 aliphatic rings. The number of hydrogen-bond acceptors (Lipinski definition) is 4. The molecule has 5 nitrogen and oxygen atoms in total. The normalized spacial score (nSPS) is 20.4. The van der Waals surface area contributed by atoms with Crippen LogP contribution in [-0.4, -0.2) is 41.6 Å². The van der Waals surface area contributed by atoms with Gasteiger partial charge in [0.15, 0.2) is 6.29 Å². The molecule has 80 valence electrons. The lowest BCUT2D eigenvalue weighted by Crippen LogP contribution is -2.50. The summed E-state index contributed by atoms with van der Waals surface area (Å²) in [6.45, 7) is 0.294. The van der Waals surface area contributed by atoms with Gasteiger partial charge in [0.2, 0.25) is 5.91 Å². The molecule has 2 N–H and O–H groups in total. The van der Waals surface area contributed by atoms with Crippen LogP contribution in [0.1, 0.15) is 25.7 Å². The third-order valence-electron chi connectivity index (χ3n) is 2.38. The van der Waals surface area contributed by atoms with E-state index in [-0.39, 0.29) is 12.6 Å². The largest absolute Gasteiger partial charge is 0.381 e. The number of amides is 1. The van der Waals surface area contributed by atoms with E-state index in [1.54, 1.807) is 0 Å². The number of nitrogens with one attached hydrogen (secondary N) is 1. The molecule has 1 atom stereocenters. The Bertz CT molecular complexity index is 208. The molecule has 0 bridgehead atoms. The maximum atomic E-state index is 11.5. The van der Waals surface area contributed by atoms with Gasteiger partial charge in [-0.3, -0.25) is 14.9 Å². The molecule has 0 spiro atoms. The Morgan fingerprint density at radius 1 is 1.50 bits per heavy atom. The summed E-state index contributed by atoms with van der Waals surface area (Å²) >= 11 is 0. The average molecular weight is 200 g/mol. The lowest BCUT2D eigenvalue weighted by atomic mass is 10.2. The molecule has 0 radical (unpaired) electrons. The first-order valence-corrected chi connectivity index (χ1v) is 4.88. The standard InChI is InChI=1S/C9H16N2O3/c12-6-8(10-7-13)11-5-3-1-2-4-9(11)14/h6,8,10,13H,1-5,7H2. The Labute approximate surface area is 83.1 Å². The van der Waals surface area contributed by atoms with Gasteiger partial charge in [0, 0.05) is 13.0 Å². The molecule has 1 amide bonds. The van der Waals surface area contributed by atoms with Crippen LogP contribution in [0.15, 0.2) is 0 Å². The second-order valence-electron chi connectivity index (χ2n) is 3.34. The van der Waals surface area contributed by atoms with Gasteiger partial charge in [0.25, 0.3) is 0 Å². The molecule has 5 heteroatoms. The Morgan fingerprint density at radius 2 is 2.29 bits per heavy atom. The second-order valence-corrected chi connectivity index (χ2v) is 3.34. The fourth-order valence-electron chi connectivity index (χ4n) is 1.62. The fraction of sp³-hybridized carbons (Fsp3) is 0.778. The second kappa shape index (κ2) is 5.72. The van der Waals surface area contributed by atoms with E-state index in [1.165, 1.54) is 4.90 Å². The zero-order valence-electron chi connectivity index (χ0n) is 8.11. The molecule has 0 aromatic rings. The summed E-state index contributed by atoms with van der Waals surface area (Å²) in [5.41, 5.74) is 0. The molecule has 1 rings (SSSR count). The number of aldehydes is 1. The number of aliphatic hydroxyl groups excluding tert-OH is 1. The maximum Gasteiger partial charge on any atom is 0.224 e. The van der Waals surface area contributed by atoms with Crippen molar-refractivity contribution >= 4 is 12.2 Å². The van der Waals surface area contributed by atoms with Gasteiger partial charge < -0.3 is 10.0 Å². The van der Waals surface area contributed by atoms with E-state index in [2.05, 4.69) is 5.32 Å². The van der Waals surface area contributed by atoms with Crippen LogP contribution in [-0.2, 0) is 9.59 Å². The van der Waals surface area contributed by atoms with E-state index < -0.39 is 6.17 Å². The fourth-order valence-corrected chi connectivity index (χ4v) is 1.62. The maximum absolute atomic E-state index is 11.5. The van der Waals surface area contributed by atoms with Crippen LogP contribution in [0.5, 0.6) is 0 Å². The SMILES string of the molecule is O=CC(NCO)N1CCCCCC1=O. The Balaban J connectivity index is 2.60. The molecule has 1 unspecified atom stereocenters. The van der Waals surface area contributed by atoms with Crippen molar-refractivity contribution in [1.29, 1.82) is 0 Å². The van der Waals surface area contributed by atoms with E-state index in [9.17, 15) is 9.59 Å². The topological polar surface area (TPSA) is 69.6 Å². The van der Waals surface area contributed by atoms with Crippen LogP contribution >= 0.6 is 0 Å². The van der Waals surface area contributed by atoms with Crippen molar-refractivity contribution < 1.29 is 14.7 Å². The highest BCUT2D eigenvalue weighted by Crippen LogP contribution is 2.12. The summed E-state index contributed by atoms with van der Waals surface area (Å²) in [4.78, 5) is 23.7. The monoisotopic (exact) mass is 200 g/mol. The lowest BCUT2D eigenvalue weighted by Gasteiger charge is -2.26. The Morgan fingerprint density at radius 3 is 2.93 bits per heavy atom. The van der Waals surface area contributed by atoms with Crippen molar-refractivity contribution in [1.82, 2.24) is 10.2 Å². The number of likely N-dealkylation sites (tertiary alicyclic amines) is 1. The van der Waals surface area contributed by atoms with Gasteiger partial charge in [-0.1, -0.05) is 6.42 Å². The van der Waals surface area contributed by atoms with Gasteiger partial charge in [-0.15, -0.1) is 0 Å². The zero-order chi connectivity index (χ0) is 10.4. The molecule has 1 saturated heterocycles. The van der Waals surface area contributed by atoms with Gasteiger partial charge in [-0.2, -0.15) is 0 Å². The van der Waals surface area contributed by atoms with E-state index in [1.807, 2.05) is 0 Å². The van der Waals surface area contributed by atoms with Crippen LogP contribution in [0.4, 0.5) is 0 Å². The van der Waals surface area contributed by atoms with Gasteiger partial charge in [0.05, 0.1) is 6.73 Å². The molecule has 0 aromatic carbocycles. The molecular weight excluding hydrogens is 184 g/mol. The van der Waals surface area contributed by atoms with E-state index in [4.69, 9.17) is 5.11 Å². The van der Waals surface area contributed by atoms with Crippen molar-refractivity contribution in [2.24, 2.45) is 0 Å². The van der Waals surface area contributed by atoms with Crippen molar-refractivity contribution in [2.75, 3.05) is 13.3 Å². The highest BCUT2D eigenvalue weighted by atomic mass is 16.3. The molecule has 14 heavy (non-hydrogen) atoms. The minimum Gasteiger partial charge on any atom is -0.381 e. The lowest BCUT2D eigenvalue weighted by molar-refractivity contribution is -0.137. The summed E-state index contributed by atoms with van der Waals surface area (Å²) in [6, 6.07) is 0. The zero-order valence-corrected chi connectivity index (χ0v) is 8.11. The number of aliphatic hydroxyl groups is 1. The van der Waals surface area contributed by atoms with Crippen LogP contribution < -0.4 is 5.32 Å². The van der Waals surface area contributed by atoms with Crippen molar-refractivity contribution in [3.63, 3.8) is 0 Å². The summed E-state index contributed by atoms with van der Waals surface area (Å²) in [7, 11) is 0. The first-order chi connectivity index (χ1) is 6.79. The molecule has 1 heterocycles. The van der Waals surface area contributed by atoms with E-state index in [0.29, 0.717) is 19.3 Å². The third-order valence-corrected chi connectivity index (χ3v) is 2.38. The summed E-state index contributed by atoms with van der Waals surface area (Å²) < 4.78 is 0. The first-order valence-electron chi connectivity index (χ1n) is 4.88. The van der Waals surface area contributed by atoms with Gasteiger partial charge in [-0.25, -0.2) is 0 Å². The number of nitrogens with zero attached hydrogens (tertiary/aromatic N) is 1. The average Bonchev–Trinajstić information content (AvgIpc) is 2.40. The minimum atomic E-state index is -0.675. The van der Waals surface area contributed by atoms with Crippen LogP contribution in [0.3, 0.4) is 0 Å². The highest BCUT2D eigenvalue weighted by molar-refractivity contribution is 5.79. The minimum absolute atomic E-state index is 0.0134. The Hall–Kier alpha value is -0.940. The van der Waals surface area contributed by atoms with Gasteiger partial charge in [-0.05, 0) is 12.8 Å². The van der Waals surface area contributed by atoms with Crippen molar-refractivity contribution in [3.8, 4) is 0 Å². The van der Waals surface area contributed by atoms with Crippen LogP contribution in [0, 0.1) is 0 Å². The molecular formula is C9H16N2O3. The Kier molecular flexibility index (Phi) is 4.55. The van der Waals surface area contributed by atoms with Crippen molar-refractivity contribution in [2.45, 2.75) is 31.8 Å². The van der Waals surface area contributed by atoms with Crippen molar-refractivity contribution in [3.05, 3.63) is 0 Å². The predicted molar refractivity (Wildman–Crippen MR) is 50.3 cm³/mol. The smallest absolute Gasteiger partial charge is 0.224 e. The van der Waals surface area contributed by atoms with Crippen LogP contribution in [0.25, 0.3) is 0 Å². The number of carbonyl (C=O) groups excluding carboxylic acids is 2. The first kappa shape index (κ1) is 11.1. The number of rotatable bonds is 4. The van der Waals surface area contributed by atoms with E-state index >= 15 is 0 Å². The third kappa shape index (κ3) is 2.78. The molecule has 0 saturated carbocycles. The molecule has 0 aromatic heterocycles.